The van der Waals surface area contributed by atoms with E-state index in [1.807, 2.05) is 13.1 Å². The molecule has 0 spiro atoms. The second-order valence-corrected chi connectivity index (χ2v) is 5.96. The van der Waals surface area contributed by atoms with Crippen LogP contribution in [-0.2, 0) is 9.53 Å². The molecule has 1 saturated heterocycles. The first-order valence-electron chi connectivity index (χ1n) is 7.40. The van der Waals surface area contributed by atoms with Gasteiger partial charge in [-0.05, 0) is 25.3 Å². The number of aryl methyl sites for hydroxylation is 1. The third-order valence-corrected chi connectivity index (χ3v) is 4.61. The highest BCUT2D eigenvalue weighted by atomic mass is 16.5. The number of nitrogens with zero attached hydrogens (tertiary/aromatic N) is 3. The Morgan fingerprint density at radius 3 is 2.82 bits per heavy atom. The number of aromatic nitrogens is 3. The number of primary amides is 1. The van der Waals surface area contributed by atoms with Crippen molar-refractivity contribution in [1.29, 1.82) is 0 Å². The molecule has 1 aliphatic rings. The van der Waals surface area contributed by atoms with Crippen molar-refractivity contribution < 1.29 is 9.53 Å². The molecule has 0 aromatic carbocycles. The van der Waals surface area contributed by atoms with E-state index < -0.39 is 5.41 Å². The lowest BCUT2D eigenvalue weighted by Gasteiger charge is -2.39. The predicted molar refractivity (Wildman–Crippen MR) is 83.6 cm³/mol. The van der Waals surface area contributed by atoms with Crippen LogP contribution < -0.4 is 10.6 Å². The van der Waals surface area contributed by atoms with Crippen molar-refractivity contribution in [3.8, 4) is 0 Å². The first-order valence-corrected chi connectivity index (χ1v) is 7.40. The van der Waals surface area contributed by atoms with Crippen LogP contribution in [0.1, 0.15) is 18.4 Å². The molecule has 7 heteroatoms. The number of H-pyrrole nitrogens is 1. The summed E-state index contributed by atoms with van der Waals surface area (Å²) in [6.45, 7) is 3.86. The summed E-state index contributed by atoms with van der Waals surface area (Å²) in [5, 5.41) is 1.04. The smallest absolute Gasteiger partial charge is 0.226 e. The Bertz CT molecular complexity index is 688. The minimum Gasteiger partial charge on any atom is -0.384 e. The van der Waals surface area contributed by atoms with E-state index in [4.69, 9.17) is 10.5 Å². The van der Waals surface area contributed by atoms with Gasteiger partial charge < -0.3 is 20.4 Å². The van der Waals surface area contributed by atoms with Gasteiger partial charge in [-0.2, -0.15) is 0 Å². The molecule has 3 N–H and O–H groups in total. The Balaban J connectivity index is 1.86. The third kappa shape index (κ3) is 2.31. The van der Waals surface area contributed by atoms with Gasteiger partial charge in [-0.25, -0.2) is 9.97 Å². The van der Waals surface area contributed by atoms with E-state index in [0.717, 1.165) is 35.5 Å². The number of nitrogens with one attached hydrogen (secondary N) is 1. The van der Waals surface area contributed by atoms with Gasteiger partial charge in [0.25, 0.3) is 0 Å². The van der Waals surface area contributed by atoms with Crippen molar-refractivity contribution >= 4 is 22.8 Å². The van der Waals surface area contributed by atoms with Crippen molar-refractivity contribution in [1.82, 2.24) is 15.0 Å². The predicted octanol–water partition coefficient (Wildman–Crippen LogP) is 0.985. The molecule has 2 aromatic rings. The first kappa shape index (κ1) is 14.8. The molecule has 2 aromatic heterocycles. The average Bonchev–Trinajstić information content (AvgIpc) is 2.90. The minimum absolute atomic E-state index is 0.278. The number of carbonyl (C=O) groups excluding carboxylic acids is 1. The SMILES string of the molecule is COCC1(C(N)=O)CCN(c2ncnc3[nH]cc(C)c23)CC1. The van der Waals surface area contributed by atoms with Crippen LogP contribution in [0.5, 0.6) is 0 Å². The van der Waals surface area contributed by atoms with Crippen LogP contribution in [0.2, 0.25) is 0 Å². The lowest BCUT2D eigenvalue weighted by atomic mass is 9.78. The zero-order valence-electron chi connectivity index (χ0n) is 12.9. The van der Waals surface area contributed by atoms with Gasteiger partial charge in [0.05, 0.1) is 17.4 Å². The number of carbonyl (C=O) groups is 1. The highest BCUT2D eigenvalue weighted by Crippen LogP contribution is 2.35. The van der Waals surface area contributed by atoms with Crippen LogP contribution in [0.4, 0.5) is 5.82 Å². The molecule has 3 rings (SSSR count). The largest absolute Gasteiger partial charge is 0.384 e. The topological polar surface area (TPSA) is 97.1 Å². The van der Waals surface area contributed by atoms with Crippen LogP contribution in [0, 0.1) is 12.3 Å². The molecule has 118 valence electrons. The molecule has 0 atom stereocenters. The lowest BCUT2D eigenvalue weighted by Crippen LogP contribution is -2.49. The first-order chi connectivity index (χ1) is 10.6. The number of amides is 1. The number of methoxy groups -OCH3 is 1. The van der Waals surface area contributed by atoms with E-state index in [-0.39, 0.29) is 5.91 Å². The molecule has 22 heavy (non-hydrogen) atoms. The Morgan fingerprint density at radius 2 is 2.18 bits per heavy atom. The Morgan fingerprint density at radius 1 is 1.45 bits per heavy atom. The standard InChI is InChI=1S/C15H21N5O2/c1-10-7-17-12-11(10)13(19-9-18-12)20-5-3-15(4-6-20,8-22-2)14(16)21/h7,9H,3-6,8H2,1-2H3,(H2,16,21)(H,17,18,19). The fraction of sp³-hybridized carbons (Fsp3) is 0.533. The molecule has 0 saturated carbocycles. The number of anilines is 1. The van der Waals surface area contributed by atoms with Gasteiger partial charge in [0.1, 0.15) is 17.8 Å². The third-order valence-electron chi connectivity index (χ3n) is 4.61. The van der Waals surface area contributed by atoms with Crippen molar-refractivity contribution in [3.05, 3.63) is 18.1 Å². The number of ether oxygens (including phenoxy) is 1. The number of hydrogen-bond donors (Lipinski definition) is 2. The maximum Gasteiger partial charge on any atom is 0.226 e. The molecule has 0 aliphatic carbocycles. The summed E-state index contributed by atoms with van der Waals surface area (Å²) in [7, 11) is 1.61. The van der Waals surface area contributed by atoms with E-state index in [2.05, 4.69) is 19.9 Å². The summed E-state index contributed by atoms with van der Waals surface area (Å²) >= 11 is 0. The maximum absolute atomic E-state index is 11.8. The average molecular weight is 303 g/mol. The van der Waals surface area contributed by atoms with Gasteiger partial charge in [0.2, 0.25) is 5.91 Å². The summed E-state index contributed by atoms with van der Waals surface area (Å²) in [6.07, 6.45) is 4.85. The van der Waals surface area contributed by atoms with Crippen molar-refractivity contribution in [3.63, 3.8) is 0 Å². The van der Waals surface area contributed by atoms with Crippen LogP contribution in [-0.4, -0.2) is 47.7 Å². The summed E-state index contributed by atoms with van der Waals surface area (Å²) in [6, 6.07) is 0. The van der Waals surface area contributed by atoms with Gasteiger partial charge in [-0.15, -0.1) is 0 Å². The van der Waals surface area contributed by atoms with Crippen LogP contribution >= 0.6 is 0 Å². The molecular weight excluding hydrogens is 282 g/mol. The van der Waals surface area contributed by atoms with Crippen molar-refractivity contribution in [2.75, 3.05) is 31.7 Å². The monoisotopic (exact) mass is 303 g/mol. The van der Waals surface area contributed by atoms with Gasteiger partial charge in [-0.1, -0.05) is 0 Å². The Hall–Kier alpha value is -2.15. The molecule has 7 nitrogen and oxygen atoms in total. The van der Waals surface area contributed by atoms with Crippen LogP contribution in [0.15, 0.2) is 12.5 Å². The van der Waals surface area contributed by atoms with Crippen molar-refractivity contribution in [2.24, 2.45) is 11.1 Å². The number of piperidine rings is 1. The molecular formula is C15H21N5O2. The second kappa shape index (κ2) is 5.57. The molecule has 0 radical (unpaired) electrons. The van der Waals surface area contributed by atoms with E-state index in [1.165, 1.54) is 0 Å². The van der Waals surface area contributed by atoms with Gasteiger partial charge in [0.15, 0.2) is 0 Å². The molecule has 1 amide bonds. The highest BCUT2D eigenvalue weighted by molar-refractivity contribution is 5.90. The highest BCUT2D eigenvalue weighted by Gasteiger charge is 2.40. The molecule has 1 fully saturated rings. The zero-order valence-corrected chi connectivity index (χ0v) is 12.9. The summed E-state index contributed by atoms with van der Waals surface area (Å²) in [4.78, 5) is 25.9. The summed E-state index contributed by atoms with van der Waals surface area (Å²) in [5.74, 6) is 0.638. The van der Waals surface area contributed by atoms with E-state index in [0.29, 0.717) is 19.4 Å². The van der Waals surface area contributed by atoms with Gasteiger partial charge in [0, 0.05) is 26.4 Å². The fourth-order valence-corrected chi connectivity index (χ4v) is 3.22. The van der Waals surface area contributed by atoms with Gasteiger partial charge in [-0.3, -0.25) is 4.79 Å². The summed E-state index contributed by atoms with van der Waals surface area (Å²) in [5.41, 5.74) is 7.00. The number of aromatic amines is 1. The van der Waals surface area contributed by atoms with Crippen LogP contribution in [0.25, 0.3) is 11.0 Å². The Labute approximate surface area is 128 Å². The normalized spacial score (nSPS) is 17.8. The van der Waals surface area contributed by atoms with Crippen molar-refractivity contribution in [2.45, 2.75) is 19.8 Å². The number of fused-ring (bicyclic) bond motifs is 1. The van der Waals surface area contributed by atoms with E-state index in [1.54, 1.807) is 13.4 Å². The van der Waals surface area contributed by atoms with E-state index >= 15 is 0 Å². The molecule has 0 unspecified atom stereocenters. The van der Waals surface area contributed by atoms with Crippen LogP contribution in [0.3, 0.4) is 0 Å². The van der Waals surface area contributed by atoms with Gasteiger partial charge >= 0.3 is 0 Å². The Kier molecular flexibility index (Phi) is 3.74. The molecule has 3 heterocycles. The number of nitrogens with two attached hydrogens (primary N) is 1. The second-order valence-electron chi connectivity index (χ2n) is 5.96. The molecule has 0 bridgehead atoms. The molecule has 1 aliphatic heterocycles. The number of rotatable bonds is 4. The maximum atomic E-state index is 11.8. The zero-order chi connectivity index (χ0) is 15.7. The lowest BCUT2D eigenvalue weighted by molar-refractivity contribution is -0.132. The minimum atomic E-state index is -0.565. The fourth-order valence-electron chi connectivity index (χ4n) is 3.22. The summed E-state index contributed by atoms with van der Waals surface area (Å²) < 4.78 is 5.21. The number of hydrogen-bond acceptors (Lipinski definition) is 5. The van der Waals surface area contributed by atoms with E-state index in [9.17, 15) is 4.79 Å². The quantitative estimate of drug-likeness (QED) is 0.877.